The first-order chi connectivity index (χ1) is 22.1. The second kappa shape index (κ2) is 11.8. The van der Waals surface area contributed by atoms with Crippen LogP contribution in [0.15, 0.2) is 99.1 Å². The highest BCUT2D eigenvalue weighted by molar-refractivity contribution is 7.86. The van der Waals surface area contributed by atoms with Gasteiger partial charge in [-0.1, -0.05) is 54.6 Å². The van der Waals surface area contributed by atoms with Crippen LogP contribution in [0.25, 0.3) is 33.4 Å². The highest BCUT2D eigenvalue weighted by atomic mass is 32.2. The van der Waals surface area contributed by atoms with Crippen molar-refractivity contribution in [1.29, 1.82) is 0 Å². The Balaban J connectivity index is 1.77. The van der Waals surface area contributed by atoms with Crippen LogP contribution in [0, 0.1) is 34.6 Å². The van der Waals surface area contributed by atoms with Crippen LogP contribution < -0.4 is 15.7 Å². The van der Waals surface area contributed by atoms with E-state index in [1.54, 1.807) is 6.07 Å². The van der Waals surface area contributed by atoms with Gasteiger partial charge >= 0.3 is 0 Å². The minimum atomic E-state index is -4.80. The van der Waals surface area contributed by atoms with Crippen molar-refractivity contribution in [2.24, 2.45) is 0 Å². The first kappa shape index (κ1) is 32.1. The van der Waals surface area contributed by atoms with Gasteiger partial charge in [0.1, 0.15) is 21.1 Å². The van der Waals surface area contributed by atoms with Gasteiger partial charge in [-0.3, -0.25) is 9.11 Å². The summed E-state index contributed by atoms with van der Waals surface area (Å²) in [6, 6.07) is 23.9. The number of anilines is 2. The van der Waals surface area contributed by atoms with Gasteiger partial charge in [0.2, 0.25) is 11.0 Å². The molecule has 1 aliphatic heterocycles. The number of fused-ring (bicyclic) bond motifs is 2. The van der Waals surface area contributed by atoms with Gasteiger partial charge in [-0.15, -0.1) is 0 Å². The van der Waals surface area contributed by atoms with Crippen LogP contribution in [0.2, 0.25) is 0 Å². The topological polar surface area (TPSA) is 148 Å². The Morgan fingerprint density at radius 3 is 1.85 bits per heavy atom. The van der Waals surface area contributed by atoms with Crippen molar-refractivity contribution in [2.75, 3.05) is 5.32 Å². The van der Waals surface area contributed by atoms with E-state index in [0.717, 1.165) is 38.9 Å². The predicted molar refractivity (Wildman–Crippen MR) is 182 cm³/mol. The summed E-state index contributed by atoms with van der Waals surface area (Å²) in [5, 5.41) is 4.13. The lowest BCUT2D eigenvalue weighted by molar-refractivity contribution is -0.404. The van der Waals surface area contributed by atoms with E-state index in [4.69, 9.17) is 4.42 Å². The Labute approximate surface area is 273 Å². The molecule has 0 bridgehead atoms. The van der Waals surface area contributed by atoms with E-state index in [-0.39, 0.29) is 27.1 Å². The molecule has 0 amide bonds. The number of benzene rings is 5. The molecule has 6 rings (SSSR count). The molecule has 1 heterocycles. The van der Waals surface area contributed by atoms with Crippen molar-refractivity contribution in [1.82, 2.24) is 0 Å². The number of hydrogen-bond acceptors (Lipinski definition) is 6. The number of hydrogen-bond donors (Lipinski definition) is 4. The lowest BCUT2D eigenvalue weighted by Crippen LogP contribution is -2.71. The molecule has 0 fully saturated rings. The Morgan fingerprint density at radius 1 is 0.638 bits per heavy atom. The quantitative estimate of drug-likeness (QED) is 0.119. The molecule has 4 aromatic carbocycles. The highest BCUT2D eigenvalue weighted by Crippen LogP contribution is 2.44. The summed E-state index contributed by atoms with van der Waals surface area (Å²) in [6.45, 7) is 9.65. The van der Waals surface area contributed by atoms with Crippen LogP contribution in [0.4, 0.5) is 17.1 Å². The fourth-order valence-corrected chi connectivity index (χ4v) is 7.35. The normalized spacial score (nSPS) is 12.6. The minimum Gasteiger partial charge on any atom is -0.456 e. The number of nitrogens with one attached hydrogen (secondary N) is 2. The zero-order chi connectivity index (χ0) is 33.8. The van der Waals surface area contributed by atoms with Crippen molar-refractivity contribution in [3.05, 3.63) is 118 Å². The Kier molecular flexibility index (Phi) is 8.05. The molecule has 11 heteroatoms. The standard InChI is InChI=1S/C36H32N2O7S2/c1-20-10-8-11-21(2)35(20)37-28-18-30-26(16-24(28)5)34(25-14-6-7-15-32(25)46(39,40)41)27-17-33(47(42,43)44)29(19-31(27)45-30)38-36-22(3)12-9-13-23(36)4/h6-19,38H,1-5H3,(H,39,40,41)(H,42,43,44)/p+1. The second-order valence-corrected chi connectivity index (χ2v) is 14.5. The molecule has 0 saturated heterocycles. The average Bonchev–Trinajstić information content (AvgIpc) is 2.99. The maximum Gasteiger partial charge on any atom is 0.296 e. The minimum absolute atomic E-state index is 0.0653. The van der Waals surface area contributed by atoms with Gasteiger partial charge in [0.25, 0.3) is 20.2 Å². The summed E-state index contributed by atoms with van der Waals surface area (Å²) in [5.74, 6) is 0.370. The fourth-order valence-electron chi connectivity index (χ4n) is 6.00. The van der Waals surface area contributed by atoms with Crippen LogP contribution in [-0.4, -0.2) is 25.9 Å². The average molecular weight is 670 g/mol. The van der Waals surface area contributed by atoms with Crippen molar-refractivity contribution < 1.29 is 35.4 Å². The molecule has 240 valence electrons. The van der Waals surface area contributed by atoms with E-state index >= 15 is 0 Å². The summed E-state index contributed by atoms with van der Waals surface area (Å²) >= 11 is 0. The third-order valence-corrected chi connectivity index (χ3v) is 10.2. The Morgan fingerprint density at radius 2 is 1.23 bits per heavy atom. The number of rotatable bonds is 6. The highest BCUT2D eigenvalue weighted by Gasteiger charge is 2.27. The summed E-state index contributed by atoms with van der Waals surface area (Å²) in [5.41, 5.74) is 7.35. The van der Waals surface area contributed by atoms with Crippen molar-refractivity contribution in [2.45, 2.75) is 44.4 Å². The van der Waals surface area contributed by atoms with Gasteiger partial charge in [-0.25, -0.2) is 4.99 Å². The molecule has 47 heavy (non-hydrogen) atoms. The Hall–Kier alpha value is -4.81. The van der Waals surface area contributed by atoms with E-state index in [2.05, 4.69) is 10.3 Å². The van der Waals surface area contributed by atoms with Gasteiger partial charge in [0.15, 0.2) is 0 Å². The van der Waals surface area contributed by atoms with Crippen LogP contribution in [0.1, 0.15) is 27.8 Å². The monoisotopic (exact) mass is 669 g/mol. The maximum absolute atomic E-state index is 12.9. The molecule has 0 atom stereocenters. The van der Waals surface area contributed by atoms with Gasteiger partial charge in [0.05, 0.1) is 11.8 Å². The molecule has 0 saturated carbocycles. The van der Waals surface area contributed by atoms with E-state index in [0.29, 0.717) is 22.6 Å². The summed E-state index contributed by atoms with van der Waals surface area (Å²) in [7, 11) is -9.51. The van der Waals surface area contributed by atoms with Gasteiger partial charge in [0, 0.05) is 50.5 Å². The maximum atomic E-state index is 12.9. The van der Waals surface area contributed by atoms with Crippen LogP contribution in [-0.2, 0) is 20.2 Å². The fraction of sp³-hybridized carbons (Fsp3) is 0.139. The first-order valence-corrected chi connectivity index (χ1v) is 17.6. The number of aryl methyl sites for hydroxylation is 5. The van der Waals surface area contributed by atoms with Crippen molar-refractivity contribution in [3.8, 4) is 22.5 Å². The van der Waals surface area contributed by atoms with E-state index in [9.17, 15) is 25.9 Å². The molecule has 9 nitrogen and oxygen atoms in total. The lowest BCUT2D eigenvalue weighted by Gasteiger charge is -2.20. The smallest absolute Gasteiger partial charge is 0.296 e. The van der Waals surface area contributed by atoms with Crippen LogP contribution >= 0.6 is 0 Å². The molecule has 2 aliphatic rings. The van der Waals surface area contributed by atoms with Gasteiger partial charge < -0.3 is 9.73 Å². The zero-order valence-electron chi connectivity index (χ0n) is 26.3. The SMILES string of the molecule is Cc1cccc(C)c1Nc1cc2oc3cc(=[NH+]c4c(C)cccc4C)c(C)cc-3c(-c3ccccc3S(=O)(=O)O)c2cc1S(=O)(=O)O. The largest absolute Gasteiger partial charge is 0.456 e. The summed E-state index contributed by atoms with van der Waals surface area (Å²) in [6.07, 6.45) is 0. The molecule has 1 aliphatic carbocycles. The third kappa shape index (κ3) is 6.06. The first-order valence-electron chi connectivity index (χ1n) is 14.7. The second-order valence-electron chi connectivity index (χ2n) is 11.7. The molecule has 4 aromatic rings. The van der Waals surface area contributed by atoms with Crippen molar-refractivity contribution >= 4 is 48.3 Å². The predicted octanol–water partition coefficient (Wildman–Crippen LogP) is 6.30. The number of para-hydroxylation sites is 2. The summed E-state index contributed by atoms with van der Waals surface area (Å²) in [4.78, 5) is 2.71. The van der Waals surface area contributed by atoms with Gasteiger partial charge in [-0.05, 0) is 63.9 Å². The van der Waals surface area contributed by atoms with E-state index in [1.807, 2.05) is 83.1 Å². The van der Waals surface area contributed by atoms with Gasteiger partial charge in [-0.2, -0.15) is 16.8 Å². The Bertz CT molecular complexity index is 2460. The lowest BCUT2D eigenvalue weighted by atomic mass is 9.92. The summed E-state index contributed by atoms with van der Waals surface area (Å²) < 4.78 is 78.1. The molecule has 4 N–H and O–H groups in total. The third-order valence-electron chi connectivity index (χ3n) is 8.36. The molecule has 0 aromatic heterocycles. The molecule has 0 radical (unpaired) electrons. The van der Waals surface area contributed by atoms with Crippen LogP contribution in [0.3, 0.4) is 0 Å². The molecule has 0 unspecified atom stereocenters. The molecule has 0 spiro atoms. The van der Waals surface area contributed by atoms with Crippen molar-refractivity contribution in [3.63, 3.8) is 0 Å². The van der Waals surface area contributed by atoms with E-state index < -0.39 is 25.1 Å². The van der Waals surface area contributed by atoms with E-state index in [1.165, 1.54) is 30.3 Å². The van der Waals surface area contributed by atoms with Crippen LogP contribution in [0.5, 0.6) is 0 Å². The molecular formula is C36H33N2O7S2+. The molecular weight excluding hydrogens is 637 g/mol. The zero-order valence-corrected chi connectivity index (χ0v) is 28.0.